The molecule has 4 aromatic rings. The van der Waals surface area contributed by atoms with Crippen molar-refractivity contribution in [3.8, 4) is 23.0 Å². The monoisotopic (exact) mass is 841 g/mol. The van der Waals surface area contributed by atoms with Gasteiger partial charge in [0.25, 0.3) is 0 Å². The smallest absolute Gasteiger partial charge is 0.330 e. The molecule has 0 radical (unpaired) electrons. The SMILES string of the molecule is CCOC(=O)/C=C/c1ccc(OC)cc1.CCOC(=O)CC(C[N+](=O)[O-])c1ccc(OC)cc1.COc1ccc(C2CCNC2)cc1.COc1ccc(C2CNC(=O)C2)cc1. The van der Waals surface area contributed by atoms with Crippen LogP contribution in [0.15, 0.2) is 103 Å². The van der Waals surface area contributed by atoms with E-state index in [1.807, 2.05) is 60.7 Å². The molecule has 0 bridgehead atoms. The van der Waals surface area contributed by atoms with Crippen molar-refractivity contribution in [1.29, 1.82) is 0 Å². The van der Waals surface area contributed by atoms with E-state index in [9.17, 15) is 24.5 Å². The topological polar surface area (TPSA) is 174 Å². The van der Waals surface area contributed by atoms with Crippen molar-refractivity contribution in [2.24, 2.45) is 0 Å². The van der Waals surface area contributed by atoms with Crippen LogP contribution in [0.5, 0.6) is 23.0 Å². The third kappa shape index (κ3) is 18.2. The lowest BCUT2D eigenvalue weighted by Gasteiger charge is -2.13. The summed E-state index contributed by atoms with van der Waals surface area (Å²) in [6.45, 7) is 6.87. The van der Waals surface area contributed by atoms with E-state index in [2.05, 4.69) is 22.8 Å². The number of ether oxygens (including phenoxy) is 6. The lowest BCUT2D eigenvalue weighted by atomic mass is 9.96. The Kier molecular flexibility index (Phi) is 22.0. The van der Waals surface area contributed by atoms with E-state index in [4.69, 9.17) is 28.4 Å². The summed E-state index contributed by atoms with van der Waals surface area (Å²) in [6.07, 6.45) is 4.97. The largest absolute Gasteiger partial charge is 0.497 e. The van der Waals surface area contributed by atoms with Crippen molar-refractivity contribution in [1.82, 2.24) is 10.6 Å². The maximum Gasteiger partial charge on any atom is 0.330 e. The van der Waals surface area contributed by atoms with Crippen molar-refractivity contribution < 1.29 is 47.7 Å². The Morgan fingerprint density at radius 3 is 1.64 bits per heavy atom. The van der Waals surface area contributed by atoms with Gasteiger partial charge < -0.3 is 39.1 Å². The Morgan fingerprint density at radius 2 is 1.21 bits per heavy atom. The number of nitrogens with zero attached hydrogens (tertiary/aromatic N) is 1. The minimum Gasteiger partial charge on any atom is -0.497 e. The minimum absolute atomic E-state index is 0.00114. The molecule has 3 atom stereocenters. The molecule has 3 unspecified atom stereocenters. The number of rotatable bonds is 15. The second-order valence-electron chi connectivity index (χ2n) is 13.8. The van der Waals surface area contributed by atoms with Crippen LogP contribution in [-0.4, -0.2) is 90.6 Å². The van der Waals surface area contributed by atoms with Gasteiger partial charge in [0.2, 0.25) is 12.5 Å². The first-order valence-electron chi connectivity index (χ1n) is 20.2. The molecule has 2 aliphatic rings. The Labute approximate surface area is 358 Å². The van der Waals surface area contributed by atoms with Crippen LogP contribution in [0.25, 0.3) is 6.08 Å². The molecule has 0 aliphatic carbocycles. The summed E-state index contributed by atoms with van der Waals surface area (Å²) >= 11 is 0. The third-order valence-electron chi connectivity index (χ3n) is 9.70. The van der Waals surface area contributed by atoms with Crippen molar-refractivity contribution in [3.63, 3.8) is 0 Å². The maximum atomic E-state index is 11.5. The molecule has 2 heterocycles. The normalized spacial score (nSPS) is 15.5. The summed E-state index contributed by atoms with van der Waals surface area (Å²) in [5.74, 6) is 3.19. The quantitative estimate of drug-likeness (QED) is 0.0528. The Balaban J connectivity index is 0.000000219. The zero-order chi connectivity index (χ0) is 44.4. The van der Waals surface area contributed by atoms with Crippen LogP contribution >= 0.6 is 0 Å². The lowest BCUT2D eigenvalue weighted by Crippen LogP contribution is -2.18. The predicted octanol–water partition coefficient (Wildman–Crippen LogP) is 7.35. The molecule has 4 aromatic carbocycles. The molecule has 14 heteroatoms. The molecule has 1 amide bonds. The summed E-state index contributed by atoms with van der Waals surface area (Å²) < 4.78 is 29.8. The fourth-order valence-electron chi connectivity index (χ4n) is 6.37. The first-order valence-corrected chi connectivity index (χ1v) is 20.2. The second kappa shape index (κ2) is 27.4. The van der Waals surface area contributed by atoms with Crippen molar-refractivity contribution in [2.45, 2.75) is 50.9 Å². The molecule has 2 N–H and O–H groups in total. The van der Waals surface area contributed by atoms with Gasteiger partial charge in [-0.05, 0) is 110 Å². The molecule has 2 saturated heterocycles. The lowest BCUT2D eigenvalue weighted by molar-refractivity contribution is -0.483. The number of hydrogen-bond donors (Lipinski definition) is 2. The number of nitro groups is 1. The fourth-order valence-corrected chi connectivity index (χ4v) is 6.37. The molecule has 14 nitrogen and oxygen atoms in total. The molecule has 6 rings (SSSR count). The zero-order valence-electron chi connectivity index (χ0n) is 35.9. The number of nitrogens with one attached hydrogen (secondary N) is 2. The van der Waals surface area contributed by atoms with Gasteiger partial charge in [0.15, 0.2) is 0 Å². The van der Waals surface area contributed by atoms with Gasteiger partial charge in [0.05, 0.1) is 54.0 Å². The van der Waals surface area contributed by atoms with Crippen molar-refractivity contribution >= 4 is 23.9 Å². The summed E-state index contributed by atoms with van der Waals surface area (Å²) in [4.78, 5) is 43.7. The number of esters is 2. The van der Waals surface area contributed by atoms with E-state index >= 15 is 0 Å². The molecular formula is C47H59N3O11. The average molecular weight is 842 g/mol. The molecule has 0 saturated carbocycles. The van der Waals surface area contributed by atoms with Crippen LogP contribution in [0.4, 0.5) is 0 Å². The third-order valence-corrected chi connectivity index (χ3v) is 9.70. The fraction of sp³-hybridized carbons (Fsp3) is 0.383. The van der Waals surface area contributed by atoms with Gasteiger partial charge in [-0.2, -0.15) is 0 Å². The number of benzene rings is 4. The van der Waals surface area contributed by atoms with E-state index in [0.717, 1.165) is 48.0 Å². The Hall–Kier alpha value is -6.41. The van der Waals surface area contributed by atoms with Gasteiger partial charge in [0, 0.05) is 36.4 Å². The average Bonchev–Trinajstić information content (AvgIpc) is 3.99. The number of carbonyl (C=O) groups excluding carboxylic acids is 3. The van der Waals surface area contributed by atoms with E-state index in [1.165, 1.54) is 23.6 Å². The van der Waals surface area contributed by atoms with Crippen LogP contribution in [0.3, 0.4) is 0 Å². The highest BCUT2D eigenvalue weighted by atomic mass is 16.6. The Morgan fingerprint density at radius 1 is 0.721 bits per heavy atom. The van der Waals surface area contributed by atoms with Gasteiger partial charge in [-0.1, -0.05) is 48.5 Å². The van der Waals surface area contributed by atoms with Crippen molar-refractivity contribution in [3.05, 3.63) is 136 Å². The van der Waals surface area contributed by atoms with E-state index in [-0.39, 0.29) is 31.4 Å². The molecular weight excluding hydrogens is 783 g/mol. The molecule has 2 fully saturated rings. The highest BCUT2D eigenvalue weighted by Crippen LogP contribution is 2.26. The van der Waals surface area contributed by atoms with E-state index in [0.29, 0.717) is 30.6 Å². The number of carbonyl (C=O) groups is 3. The molecule has 61 heavy (non-hydrogen) atoms. The van der Waals surface area contributed by atoms with E-state index in [1.54, 1.807) is 72.6 Å². The van der Waals surface area contributed by atoms with Gasteiger partial charge in [-0.3, -0.25) is 19.7 Å². The predicted molar refractivity (Wildman–Crippen MR) is 234 cm³/mol. The highest BCUT2D eigenvalue weighted by molar-refractivity contribution is 5.87. The summed E-state index contributed by atoms with van der Waals surface area (Å²) in [5, 5.41) is 16.9. The number of methoxy groups -OCH3 is 4. The summed E-state index contributed by atoms with van der Waals surface area (Å²) in [5.41, 5.74) is 4.28. The molecule has 0 aromatic heterocycles. The van der Waals surface area contributed by atoms with Crippen LogP contribution in [0.1, 0.15) is 73.1 Å². The summed E-state index contributed by atoms with van der Waals surface area (Å²) in [7, 11) is 6.51. The minimum atomic E-state index is -0.486. The van der Waals surface area contributed by atoms with Crippen LogP contribution < -0.4 is 29.6 Å². The second-order valence-corrected chi connectivity index (χ2v) is 13.8. The van der Waals surface area contributed by atoms with Crippen molar-refractivity contribution in [2.75, 3.05) is 67.8 Å². The van der Waals surface area contributed by atoms with Gasteiger partial charge in [0.1, 0.15) is 23.0 Å². The molecule has 2 aliphatic heterocycles. The van der Waals surface area contributed by atoms with Crippen LogP contribution in [0.2, 0.25) is 0 Å². The highest BCUT2D eigenvalue weighted by Gasteiger charge is 2.23. The van der Waals surface area contributed by atoms with Crippen LogP contribution in [-0.2, 0) is 23.9 Å². The standard InChI is InChI=1S/C13H17NO5.C12H14O3.C11H13NO2.C11H15NO/c1-3-19-13(15)8-11(9-14(16)17)10-4-6-12(18-2)7-5-10;1-3-15-12(13)9-6-10-4-7-11(14-2)8-5-10;1-14-10-4-2-8(3-5-10)9-6-11(13)12-7-9;1-13-11-4-2-9(3-5-11)10-6-7-12-8-10/h4-7,11H,3,8-9H2,1-2H3;4-9H,3H2,1-2H3;2-5,9H,6-7H2,1H3,(H,12,13);2-5,10,12H,6-8H2,1H3/b;9-6+;;. The number of hydrogen-bond acceptors (Lipinski definition) is 12. The first kappa shape index (κ1) is 49.0. The van der Waals surface area contributed by atoms with Gasteiger partial charge in [-0.15, -0.1) is 0 Å². The number of amides is 1. The van der Waals surface area contributed by atoms with E-state index < -0.39 is 16.8 Å². The zero-order valence-corrected chi connectivity index (χ0v) is 35.9. The maximum absolute atomic E-state index is 11.5. The summed E-state index contributed by atoms with van der Waals surface area (Å²) in [6, 6.07) is 30.6. The Bertz CT molecular complexity index is 1930. The van der Waals surface area contributed by atoms with Crippen LogP contribution in [0, 0.1) is 10.1 Å². The van der Waals surface area contributed by atoms with Gasteiger partial charge >= 0.3 is 11.9 Å². The van der Waals surface area contributed by atoms with Gasteiger partial charge in [-0.25, -0.2) is 4.79 Å². The molecule has 0 spiro atoms. The molecule has 328 valence electrons. The first-order chi connectivity index (χ1) is 29.5.